The van der Waals surface area contributed by atoms with E-state index in [4.69, 9.17) is 13.9 Å². The molecule has 0 unspecified atom stereocenters. The van der Waals surface area contributed by atoms with Gasteiger partial charge in [-0.3, -0.25) is 0 Å². The molecule has 0 spiro atoms. The largest absolute Gasteiger partial charge is 0.497 e. The normalized spacial score (nSPS) is 10.9. The summed E-state index contributed by atoms with van der Waals surface area (Å²) in [5.74, 6) is 1.07. The van der Waals surface area contributed by atoms with E-state index in [1.807, 2.05) is 68.4 Å². The van der Waals surface area contributed by atoms with Crippen molar-refractivity contribution in [1.82, 2.24) is 0 Å². The standard InChI is InChI=1S/C25H22O4/c1-15-10-18(14-19(11-15)27-3)22-23-20(25(26)28-4)12-16(2)13-21(23)29-24(22)17-8-6-5-7-9-17/h5-14H,1-4H3. The van der Waals surface area contributed by atoms with E-state index in [-0.39, 0.29) is 5.97 Å². The number of fused-ring (bicyclic) bond motifs is 1. The molecule has 0 radical (unpaired) electrons. The Morgan fingerprint density at radius 1 is 0.862 bits per heavy atom. The summed E-state index contributed by atoms with van der Waals surface area (Å²) >= 11 is 0. The highest BCUT2D eigenvalue weighted by Crippen LogP contribution is 2.44. The molecule has 0 aliphatic heterocycles. The number of rotatable bonds is 4. The third-order valence-corrected chi connectivity index (χ3v) is 4.95. The van der Waals surface area contributed by atoms with Crippen LogP contribution in [0, 0.1) is 13.8 Å². The van der Waals surface area contributed by atoms with Gasteiger partial charge in [0.2, 0.25) is 0 Å². The Labute approximate surface area is 169 Å². The van der Waals surface area contributed by atoms with Crippen LogP contribution in [0.4, 0.5) is 0 Å². The van der Waals surface area contributed by atoms with Crippen LogP contribution in [0.3, 0.4) is 0 Å². The average molecular weight is 386 g/mol. The number of benzene rings is 3. The first-order valence-corrected chi connectivity index (χ1v) is 9.38. The molecule has 0 fully saturated rings. The van der Waals surface area contributed by atoms with Crippen molar-refractivity contribution in [2.45, 2.75) is 13.8 Å². The Kier molecular flexibility index (Phi) is 4.85. The van der Waals surface area contributed by atoms with Gasteiger partial charge in [0.25, 0.3) is 0 Å². The zero-order valence-corrected chi connectivity index (χ0v) is 16.9. The number of hydrogen-bond donors (Lipinski definition) is 0. The summed E-state index contributed by atoms with van der Waals surface area (Å²) in [6.07, 6.45) is 0. The lowest BCUT2D eigenvalue weighted by Gasteiger charge is -2.10. The van der Waals surface area contributed by atoms with Crippen LogP contribution >= 0.6 is 0 Å². The number of ether oxygens (including phenoxy) is 2. The number of carbonyl (C=O) groups is 1. The van der Waals surface area contributed by atoms with Crippen LogP contribution in [0.2, 0.25) is 0 Å². The van der Waals surface area contributed by atoms with E-state index in [0.29, 0.717) is 16.9 Å². The summed E-state index contributed by atoms with van der Waals surface area (Å²) in [4.78, 5) is 12.6. The monoisotopic (exact) mass is 386 g/mol. The summed E-state index contributed by atoms with van der Waals surface area (Å²) in [5.41, 5.74) is 5.84. The Morgan fingerprint density at radius 3 is 2.28 bits per heavy atom. The molecule has 0 bridgehead atoms. The predicted octanol–water partition coefficient (Wildman–Crippen LogP) is 6.18. The van der Waals surface area contributed by atoms with E-state index in [1.165, 1.54) is 7.11 Å². The second kappa shape index (κ2) is 7.47. The molecule has 0 aliphatic carbocycles. The molecule has 0 N–H and O–H groups in total. The first-order valence-electron chi connectivity index (χ1n) is 9.38. The van der Waals surface area contributed by atoms with E-state index in [0.717, 1.165) is 39.0 Å². The zero-order chi connectivity index (χ0) is 20.5. The van der Waals surface area contributed by atoms with Crippen LogP contribution in [-0.2, 0) is 4.74 Å². The molecule has 4 nitrogen and oxygen atoms in total. The molecule has 1 heterocycles. The molecule has 0 atom stereocenters. The molecule has 3 aromatic carbocycles. The molecule has 4 aromatic rings. The Bertz CT molecular complexity index is 1200. The lowest BCUT2D eigenvalue weighted by Crippen LogP contribution is -2.02. The van der Waals surface area contributed by atoms with Crippen molar-refractivity contribution in [3.8, 4) is 28.2 Å². The van der Waals surface area contributed by atoms with E-state index >= 15 is 0 Å². The molecule has 0 aliphatic rings. The quantitative estimate of drug-likeness (QED) is 0.393. The first kappa shape index (κ1) is 18.8. The Balaban J connectivity index is 2.15. The second-order valence-electron chi connectivity index (χ2n) is 7.09. The van der Waals surface area contributed by atoms with Gasteiger partial charge in [0.15, 0.2) is 0 Å². The fraction of sp³-hybridized carbons (Fsp3) is 0.160. The second-order valence-corrected chi connectivity index (χ2v) is 7.09. The van der Waals surface area contributed by atoms with Gasteiger partial charge >= 0.3 is 5.97 Å². The van der Waals surface area contributed by atoms with Crippen LogP contribution in [0.15, 0.2) is 65.1 Å². The summed E-state index contributed by atoms with van der Waals surface area (Å²) in [6, 6.07) is 19.7. The molecule has 29 heavy (non-hydrogen) atoms. The Hall–Kier alpha value is -3.53. The smallest absolute Gasteiger partial charge is 0.338 e. The molecule has 0 saturated carbocycles. The molecule has 0 amide bonds. The first-order chi connectivity index (χ1) is 14.0. The van der Waals surface area contributed by atoms with Crippen LogP contribution < -0.4 is 4.74 Å². The number of furan rings is 1. The predicted molar refractivity (Wildman–Crippen MR) is 114 cm³/mol. The van der Waals surface area contributed by atoms with Gasteiger partial charge < -0.3 is 13.9 Å². The van der Waals surface area contributed by atoms with Crippen LogP contribution in [0.1, 0.15) is 21.5 Å². The van der Waals surface area contributed by atoms with Crippen molar-refractivity contribution >= 4 is 16.9 Å². The van der Waals surface area contributed by atoms with Crippen molar-refractivity contribution < 1.29 is 18.7 Å². The lowest BCUT2D eigenvalue weighted by atomic mass is 9.94. The summed E-state index contributed by atoms with van der Waals surface area (Å²) in [7, 11) is 3.04. The van der Waals surface area contributed by atoms with E-state index < -0.39 is 0 Å². The van der Waals surface area contributed by atoms with Gasteiger partial charge in [-0.25, -0.2) is 4.79 Å². The summed E-state index contributed by atoms with van der Waals surface area (Å²) in [5, 5.41) is 0.744. The SMILES string of the molecule is COC(=O)c1cc(C)cc2oc(-c3ccccc3)c(-c3cc(C)cc(OC)c3)c12. The number of aryl methyl sites for hydroxylation is 2. The lowest BCUT2D eigenvalue weighted by molar-refractivity contribution is 0.0603. The van der Waals surface area contributed by atoms with E-state index in [9.17, 15) is 4.79 Å². The van der Waals surface area contributed by atoms with Gasteiger partial charge in [-0.1, -0.05) is 36.4 Å². The van der Waals surface area contributed by atoms with E-state index in [2.05, 4.69) is 6.07 Å². The highest BCUT2D eigenvalue weighted by Gasteiger charge is 2.24. The summed E-state index contributed by atoms with van der Waals surface area (Å²) in [6.45, 7) is 3.95. The van der Waals surface area contributed by atoms with Crippen molar-refractivity contribution in [2.75, 3.05) is 14.2 Å². The van der Waals surface area contributed by atoms with Gasteiger partial charge in [-0.15, -0.1) is 0 Å². The maximum atomic E-state index is 12.6. The zero-order valence-electron chi connectivity index (χ0n) is 16.9. The third kappa shape index (κ3) is 3.38. The van der Waals surface area contributed by atoms with Crippen LogP contribution in [-0.4, -0.2) is 20.2 Å². The highest BCUT2D eigenvalue weighted by atomic mass is 16.5. The third-order valence-electron chi connectivity index (χ3n) is 4.95. The van der Waals surface area contributed by atoms with Crippen molar-refractivity contribution in [2.24, 2.45) is 0 Å². The van der Waals surface area contributed by atoms with Gasteiger partial charge in [-0.05, 0) is 54.8 Å². The topological polar surface area (TPSA) is 48.7 Å². The van der Waals surface area contributed by atoms with E-state index in [1.54, 1.807) is 7.11 Å². The van der Waals surface area contributed by atoms with Crippen LogP contribution in [0.25, 0.3) is 33.4 Å². The average Bonchev–Trinajstić information content (AvgIpc) is 3.12. The molecular weight excluding hydrogens is 364 g/mol. The number of esters is 1. The Morgan fingerprint density at radius 2 is 1.59 bits per heavy atom. The van der Waals surface area contributed by atoms with Gasteiger partial charge in [0.05, 0.1) is 19.8 Å². The molecule has 4 rings (SSSR count). The highest BCUT2D eigenvalue weighted by molar-refractivity contribution is 6.13. The summed E-state index contributed by atoms with van der Waals surface area (Å²) < 4.78 is 16.9. The van der Waals surface area contributed by atoms with Crippen molar-refractivity contribution in [3.63, 3.8) is 0 Å². The molecule has 1 aromatic heterocycles. The molecular formula is C25H22O4. The number of carbonyl (C=O) groups excluding carboxylic acids is 1. The van der Waals surface area contributed by atoms with Crippen molar-refractivity contribution in [1.29, 1.82) is 0 Å². The van der Waals surface area contributed by atoms with Crippen LogP contribution in [0.5, 0.6) is 5.75 Å². The minimum atomic E-state index is -0.389. The van der Waals surface area contributed by atoms with Gasteiger partial charge in [0.1, 0.15) is 17.1 Å². The number of methoxy groups -OCH3 is 2. The molecule has 4 heteroatoms. The molecule has 146 valence electrons. The van der Waals surface area contributed by atoms with Crippen molar-refractivity contribution in [3.05, 3.63) is 77.4 Å². The minimum Gasteiger partial charge on any atom is -0.497 e. The maximum absolute atomic E-state index is 12.6. The van der Waals surface area contributed by atoms with Gasteiger partial charge in [0, 0.05) is 16.5 Å². The fourth-order valence-electron chi connectivity index (χ4n) is 3.72. The minimum absolute atomic E-state index is 0.389. The maximum Gasteiger partial charge on any atom is 0.338 e. The molecule has 0 saturated heterocycles. The fourth-order valence-corrected chi connectivity index (χ4v) is 3.72. The number of hydrogen-bond acceptors (Lipinski definition) is 4. The van der Waals surface area contributed by atoms with Gasteiger partial charge in [-0.2, -0.15) is 0 Å².